The van der Waals surface area contributed by atoms with Crippen molar-refractivity contribution in [2.24, 2.45) is 5.92 Å². The van der Waals surface area contributed by atoms with Gasteiger partial charge in [0.2, 0.25) is 5.91 Å². The molecule has 4 heteroatoms. The highest BCUT2D eigenvalue weighted by Gasteiger charge is 2.37. The third kappa shape index (κ3) is 2.48. The van der Waals surface area contributed by atoms with Gasteiger partial charge in [0.25, 0.3) is 0 Å². The Hall–Kier alpha value is -1.09. The highest BCUT2D eigenvalue weighted by Crippen LogP contribution is 2.35. The molecule has 1 saturated heterocycles. The van der Waals surface area contributed by atoms with Gasteiger partial charge in [-0.2, -0.15) is 0 Å². The lowest BCUT2D eigenvalue weighted by molar-refractivity contribution is -0.131. The zero-order chi connectivity index (χ0) is 13.4. The number of hydrogen-bond donors (Lipinski definition) is 0. The first-order valence-electron chi connectivity index (χ1n) is 6.87. The summed E-state index contributed by atoms with van der Waals surface area (Å²) in [5.41, 5.74) is 0.329. The fraction of sp³-hybridized carbons (Fsp3) is 0.533. The van der Waals surface area contributed by atoms with E-state index in [1.165, 1.54) is 18.9 Å². The van der Waals surface area contributed by atoms with Gasteiger partial charge in [0.1, 0.15) is 5.82 Å². The predicted molar refractivity (Wildman–Crippen MR) is 72.6 cm³/mol. The number of carbonyl (C=O) groups excluding carboxylic acids is 1. The van der Waals surface area contributed by atoms with E-state index in [9.17, 15) is 9.18 Å². The van der Waals surface area contributed by atoms with Crippen LogP contribution in [0.25, 0.3) is 0 Å². The molecule has 2 fully saturated rings. The van der Waals surface area contributed by atoms with Crippen LogP contribution in [0.3, 0.4) is 0 Å². The first-order chi connectivity index (χ1) is 9.15. The van der Waals surface area contributed by atoms with Gasteiger partial charge in [-0.15, -0.1) is 0 Å². The Bertz CT molecular complexity index is 485. The minimum atomic E-state index is -0.386. The van der Waals surface area contributed by atoms with Crippen molar-refractivity contribution in [1.82, 2.24) is 4.90 Å². The third-order valence-electron chi connectivity index (χ3n) is 4.36. The zero-order valence-corrected chi connectivity index (χ0v) is 11.5. The number of likely N-dealkylation sites (tertiary alicyclic amines) is 1. The summed E-state index contributed by atoms with van der Waals surface area (Å²) in [6.07, 6.45) is 4.72. The van der Waals surface area contributed by atoms with Crippen LogP contribution in [0.15, 0.2) is 18.2 Å². The van der Waals surface area contributed by atoms with Crippen molar-refractivity contribution < 1.29 is 9.18 Å². The Kier molecular flexibility index (Phi) is 3.48. The molecule has 102 valence electrons. The van der Waals surface area contributed by atoms with E-state index in [0.29, 0.717) is 22.5 Å². The second kappa shape index (κ2) is 5.12. The number of amides is 1. The molecular weight excluding hydrogens is 265 g/mol. The van der Waals surface area contributed by atoms with Crippen molar-refractivity contribution in [3.63, 3.8) is 0 Å². The average Bonchev–Trinajstić information content (AvgIpc) is 2.69. The van der Waals surface area contributed by atoms with E-state index in [2.05, 4.69) is 0 Å². The van der Waals surface area contributed by atoms with E-state index in [1.807, 2.05) is 4.90 Å². The van der Waals surface area contributed by atoms with Crippen LogP contribution in [-0.4, -0.2) is 23.4 Å². The van der Waals surface area contributed by atoms with Crippen molar-refractivity contribution in [2.75, 3.05) is 6.54 Å². The number of carbonyl (C=O) groups is 1. The molecule has 3 rings (SSSR count). The van der Waals surface area contributed by atoms with Gasteiger partial charge < -0.3 is 4.90 Å². The molecule has 0 N–H and O–H groups in total. The normalized spacial score (nSPS) is 25.7. The molecule has 1 aromatic carbocycles. The Morgan fingerprint density at radius 1 is 1.42 bits per heavy atom. The van der Waals surface area contributed by atoms with Crippen LogP contribution in [-0.2, 0) is 11.2 Å². The molecule has 2 atom stereocenters. The molecule has 1 aliphatic carbocycles. The summed E-state index contributed by atoms with van der Waals surface area (Å²) < 4.78 is 13.7. The third-order valence-corrected chi connectivity index (χ3v) is 4.71. The van der Waals surface area contributed by atoms with Crippen LogP contribution in [0.4, 0.5) is 4.39 Å². The van der Waals surface area contributed by atoms with Gasteiger partial charge in [-0.05, 0) is 37.3 Å². The zero-order valence-electron chi connectivity index (χ0n) is 10.7. The van der Waals surface area contributed by atoms with Crippen molar-refractivity contribution in [3.8, 4) is 0 Å². The first-order valence-corrected chi connectivity index (χ1v) is 7.25. The van der Waals surface area contributed by atoms with Crippen LogP contribution < -0.4 is 0 Å². The van der Waals surface area contributed by atoms with Crippen LogP contribution in [0.5, 0.6) is 0 Å². The number of hydrogen-bond acceptors (Lipinski definition) is 1. The molecule has 1 aliphatic heterocycles. The summed E-state index contributed by atoms with van der Waals surface area (Å²) >= 11 is 5.98. The van der Waals surface area contributed by atoms with Crippen LogP contribution in [0.2, 0.25) is 5.02 Å². The second-order valence-electron chi connectivity index (χ2n) is 5.61. The summed E-state index contributed by atoms with van der Waals surface area (Å²) in [6.45, 7) is 0.843. The molecule has 2 nitrogen and oxygen atoms in total. The van der Waals surface area contributed by atoms with Crippen molar-refractivity contribution in [3.05, 3.63) is 34.6 Å². The molecule has 0 unspecified atom stereocenters. The number of fused-ring (bicyclic) bond motifs is 2. The van der Waals surface area contributed by atoms with Crippen molar-refractivity contribution in [1.29, 1.82) is 0 Å². The highest BCUT2D eigenvalue weighted by molar-refractivity contribution is 6.31. The maximum atomic E-state index is 13.7. The second-order valence-corrected chi connectivity index (χ2v) is 6.02. The number of benzene rings is 1. The van der Waals surface area contributed by atoms with Gasteiger partial charge >= 0.3 is 0 Å². The summed E-state index contributed by atoms with van der Waals surface area (Å²) in [6, 6.07) is 4.93. The van der Waals surface area contributed by atoms with E-state index in [1.54, 1.807) is 12.1 Å². The van der Waals surface area contributed by atoms with Crippen molar-refractivity contribution >= 4 is 17.5 Å². The van der Waals surface area contributed by atoms with E-state index in [4.69, 9.17) is 11.6 Å². The van der Waals surface area contributed by atoms with E-state index in [0.717, 1.165) is 19.4 Å². The molecule has 1 amide bonds. The maximum absolute atomic E-state index is 13.7. The fourth-order valence-corrected chi connectivity index (χ4v) is 3.63. The van der Waals surface area contributed by atoms with Crippen LogP contribution >= 0.6 is 11.6 Å². The Morgan fingerprint density at radius 2 is 2.26 bits per heavy atom. The van der Waals surface area contributed by atoms with Crippen molar-refractivity contribution in [2.45, 2.75) is 38.1 Å². The monoisotopic (exact) mass is 281 g/mol. The fourth-order valence-electron chi connectivity index (χ4n) is 3.40. The molecule has 0 radical (unpaired) electrons. The summed E-state index contributed by atoms with van der Waals surface area (Å²) in [5.74, 6) is 0.281. The van der Waals surface area contributed by atoms with Gasteiger partial charge in [0, 0.05) is 23.2 Å². The smallest absolute Gasteiger partial charge is 0.227 e. The van der Waals surface area contributed by atoms with Gasteiger partial charge in [0.15, 0.2) is 0 Å². The summed E-state index contributed by atoms with van der Waals surface area (Å²) in [7, 11) is 0. The van der Waals surface area contributed by atoms with Gasteiger partial charge in [-0.3, -0.25) is 4.79 Å². The molecule has 19 heavy (non-hydrogen) atoms. The SMILES string of the molecule is O=C(Cc1c(F)cccc1Cl)N1C[C@H]2CCC[C@@H]1C2. The van der Waals surface area contributed by atoms with E-state index >= 15 is 0 Å². The molecule has 1 saturated carbocycles. The molecule has 0 spiro atoms. The number of nitrogens with zero attached hydrogens (tertiary/aromatic N) is 1. The minimum absolute atomic E-state index is 0.0152. The molecule has 2 bridgehead atoms. The molecule has 1 aromatic rings. The quantitative estimate of drug-likeness (QED) is 0.813. The lowest BCUT2D eigenvalue weighted by Crippen LogP contribution is -2.36. The standard InChI is InChI=1S/C15H17ClFNO/c16-13-5-2-6-14(17)12(13)8-15(19)18-9-10-3-1-4-11(18)7-10/h2,5-6,10-11H,1,3-4,7-9H2/t10-,11+/m0/s1. The lowest BCUT2D eigenvalue weighted by Gasteiger charge is -2.24. The average molecular weight is 282 g/mol. The van der Waals surface area contributed by atoms with Gasteiger partial charge in [-0.25, -0.2) is 4.39 Å². The Balaban J connectivity index is 1.75. The lowest BCUT2D eigenvalue weighted by atomic mass is 9.90. The molecule has 1 heterocycles. The maximum Gasteiger partial charge on any atom is 0.227 e. The molecule has 0 aromatic heterocycles. The highest BCUT2D eigenvalue weighted by atomic mass is 35.5. The predicted octanol–water partition coefficient (Wildman–Crippen LogP) is 3.42. The first kappa shape index (κ1) is 12.9. The van der Waals surface area contributed by atoms with Gasteiger partial charge in [-0.1, -0.05) is 24.1 Å². The van der Waals surface area contributed by atoms with E-state index in [-0.39, 0.29) is 18.1 Å². The summed E-state index contributed by atoms with van der Waals surface area (Å²) in [4.78, 5) is 14.3. The topological polar surface area (TPSA) is 20.3 Å². The van der Waals surface area contributed by atoms with Crippen LogP contribution in [0.1, 0.15) is 31.2 Å². The minimum Gasteiger partial charge on any atom is -0.339 e. The molecule has 2 aliphatic rings. The number of halogens is 2. The Labute approximate surface area is 117 Å². The number of rotatable bonds is 2. The van der Waals surface area contributed by atoms with Gasteiger partial charge in [0.05, 0.1) is 6.42 Å². The molecular formula is C15H17ClFNO. The summed E-state index contributed by atoms with van der Waals surface area (Å²) in [5, 5.41) is 0.343. The van der Waals surface area contributed by atoms with E-state index < -0.39 is 0 Å². The largest absolute Gasteiger partial charge is 0.339 e. The van der Waals surface area contributed by atoms with Crippen LogP contribution in [0, 0.1) is 11.7 Å². The Morgan fingerprint density at radius 3 is 3.00 bits per heavy atom.